The first kappa shape index (κ1) is 14.4. The molecule has 2 rings (SSSR count). The predicted molar refractivity (Wildman–Crippen MR) is 80.5 cm³/mol. The summed E-state index contributed by atoms with van der Waals surface area (Å²) in [5.41, 5.74) is 4.83. The quantitative estimate of drug-likeness (QED) is 0.920. The normalized spacial score (nSPS) is 10.7. The molecule has 0 aliphatic carbocycles. The van der Waals surface area contributed by atoms with Crippen molar-refractivity contribution in [3.8, 4) is 11.4 Å². The lowest BCUT2D eigenvalue weighted by Gasteiger charge is -2.12. The minimum absolute atomic E-state index is 0.271. The average molecular weight is 273 g/mol. The summed E-state index contributed by atoms with van der Waals surface area (Å²) in [6.07, 6.45) is 0. The molecule has 0 radical (unpaired) electrons. The van der Waals surface area contributed by atoms with E-state index in [1.165, 1.54) is 11.1 Å². The highest BCUT2D eigenvalue weighted by molar-refractivity contribution is 5.64. The third-order valence-corrected chi connectivity index (χ3v) is 3.44. The Kier molecular flexibility index (Phi) is 4.02. The average Bonchev–Trinajstić information content (AvgIpc) is 2.39. The number of benzene rings is 1. The zero-order chi connectivity index (χ0) is 14.9. The van der Waals surface area contributed by atoms with Gasteiger partial charge in [-0.15, -0.1) is 0 Å². The minimum atomic E-state index is -0.378. The van der Waals surface area contributed by atoms with E-state index in [0.29, 0.717) is 18.1 Å². The molecule has 2 aromatic rings. The summed E-state index contributed by atoms with van der Waals surface area (Å²) < 4.78 is 13.9. The first-order valence-corrected chi connectivity index (χ1v) is 6.80. The number of halogens is 1. The summed E-state index contributed by atoms with van der Waals surface area (Å²) in [6, 6.07) is 4.17. The van der Waals surface area contributed by atoms with E-state index in [2.05, 4.69) is 41.3 Å². The van der Waals surface area contributed by atoms with Crippen molar-refractivity contribution in [3.05, 3.63) is 40.3 Å². The van der Waals surface area contributed by atoms with Crippen molar-refractivity contribution in [3.63, 3.8) is 0 Å². The molecule has 0 amide bonds. The molecule has 106 valence electrons. The lowest BCUT2D eigenvalue weighted by atomic mass is 10.0. The van der Waals surface area contributed by atoms with E-state index in [9.17, 15) is 4.39 Å². The summed E-state index contributed by atoms with van der Waals surface area (Å²) in [5, 5.41) is 2.95. The second kappa shape index (κ2) is 5.57. The molecular formula is C16H20FN3. The molecule has 1 aromatic carbocycles. The van der Waals surface area contributed by atoms with Gasteiger partial charge in [0.2, 0.25) is 0 Å². The van der Waals surface area contributed by atoms with Crippen LogP contribution in [0.3, 0.4) is 0 Å². The number of nitrogens with one attached hydrogen (secondary N) is 1. The zero-order valence-corrected chi connectivity index (χ0v) is 12.6. The molecule has 1 aromatic heterocycles. The molecule has 0 unspecified atom stereocenters. The first-order chi connectivity index (χ1) is 9.43. The van der Waals surface area contributed by atoms with E-state index >= 15 is 0 Å². The summed E-state index contributed by atoms with van der Waals surface area (Å²) in [6.45, 7) is 10.4. The number of rotatable bonds is 3. The third kappa shape index (κ3) is 2.64. The van der Waals surface area contributed by atoms with Crippen molar-refractivity contribution < 1.29 is 4.39 Å². The molecule has 0 spiro atoms. The van der Waals surface area contributed by atoms with Crippen LogP contribution in [0.4, 0.5) is 10.2 Å². The van der Waals surface area contributed by atoms with Crippen LogP contribution in [0, 0.1) is 33.5 Å². The van der Waals surface area contributed by atoms with Gasteiger partial charge in [-0.2, -0.15) is 0 Å². The van der Waals surface area contributed by atoms with Crippen molar-refractivity contribution in [2.45, 2.75) is 34.6 Å². The van der Waals surface area contributed by atoms with Gasteiger partial charge in [-0.25, -0.2) is 14.4 Å². The maximum atomic E-state index is 13.9. The largest absolute Gasteiger partial charge is 0.368 e. The van der Waals surface area contributed by atoms with E-state index in [0.717, 1.165) is 11.1 Å². The van der Waals surface area contributed by atoms with E-state index < -0.39 is 0 Å². The van der Waals surface area contributed by atoms with Gasteiger partial charge in [0.1, 0.15) is 0 Å². The molecule has 1 heterocycles. The highest BCUT2D eigenvalue weighted by Gasteiger charge is 2.14. The van der Waals surface area contributed by atoms with Crippen LogP contribution < -0.4 is 5.32 Å². The van der Waals surface area contributed by atoms with E-state index in [4.69, 9.17) is 0 Å². The van der Waals surface area contributed by atoms with Crippen LogP contribution in [0.2, 0.25) is 0 Å². The lowest BCUT2D eigenvalue weighted by molar-refractivity contribution is 0.606. The standard InChI is InChI=1S/C16H20FN3/c1-6-18-16-14(17)12(5)19-15(20-16)13-8-10(3)9(2)7-11(13)4/h7-8H,6H2,1-5H3,(H,18,19,20). The predicted octanol–water partition coefficient (Wildman–Crippen LogP) is 3.95. The van der Waals surface area contributed by atoms with Gasteiger partial charge >= 0.3 is 0 Å². The molecule has 0 atom stereocenters. The minimum Gasteiger partial charge on any atom is -0.368 e. The van der Waals surface area contributed by atoms with Crippen LogP contribution in [-0.4, -0.2) is 16.5 Å². The van der Waals surface area contributed by atoms with Gasteiger partial charge in [0.05, 0.1) is 5.69 Å². The fourth-order valence-corrected chi connectivity index (χ4v) is 2.17. The van der Waals surface area contributed by atoms with E-state index in [-0.39, 0.29) is 11.6 Å². The van der Waals surface area contributed by atoms with Crippen molar-refractivity contribution in [2.75, 3.05) is 11.9 Å². The maximum absolute atomic E-state index is 13.9. The first-order valence-electron chi connectivity index (χ1n) is 6.80. The second-order valence-electron chi connectivity index (χ2n) is 5.08. The van der Waals surface area contributed by atoms with Gasteiger partial charge < -0.3 is 5.32 Å². The van der Waals surface area contributed by atoms with E-state index in [1.54, 1.807) is 6.92 Å². The lowest BCUT2D eigenvalue weighted by Crippen LogP contribution is -2.07. The number of hydrogen-bond donors (Lipinski definition) is 1. The van der Waals surface area contributed by atoms with Crippen molar-refractivity contribution in [1.29, 1.82) is 0 Å². The van der Waals surface area contributed by atoms with Gasteiger partial charge in [-0.3, -0.25) is 0 Å². The molecule has 3 nitrogen and oxygen atoms in total. The van der Waals surface area contributed by atoms with Crippen LogP contribution in [0.1, 0.15) is 29.3 Å². The number of aryl methyl sites for hydroxylation is 4. The molecule has 0 saturated heterocycles. The van der Waals surface area contributed by atoms with Gasteiger partial charge in [-0.1, -0.05) is 6.07 Å². The van der Waals surface area contributed by atoms with Gasteiger partial charge in [0.25, 0.3) is 0 Å². The number of aromatic nitrogens is 2. The highest BCUT2D eigenvalue weighted by atomic mass is 19.1. The Labute approximate surface area is 119 Å². The fraction of sp³-hybridized carbons (Fsp3) is 0.375. The molecule has 0 aliphatic heterocycles. The zero-order valence-electron chi connectivity index (χ0n) is 12.6. The molecule has 0 fully saturated rings. The van der Waals surface area contributed by atoms with E-state index in [1.807, 2.05) is 13.8 Å². The topological polar surface area (TPSA) is 37.8 Å². The molecule has 1 N–H and O–H groups in total. The molecular weight excluding hydrogens is 253 g/mol. The van der Waals surface area contributed by atoms with Gasteiger partial charge in [0.15, 0.2) is 17.5 Å². The Hall–Kier alpha value is -1.97. The monoisotopic (exact) mass is 273 g/mol. The Morgan fingerprint density at radius 2 is 1.65 bits per heavy atom. The second-order valence-corrected chi connectivity index (χ2v) is 5.08. The molecule has 0 bridgehead atoms. The van der Waals surface area contributed by atoms with Gasteiger partial charge in [-0.05, 0) is 57.4 Å². The van der Waals surface area contributed by atoms with Crippen LogP contribution in [0.15, 0.2) is 12.1 Å². The summed E-state index contributed by atoms with van der Waals surface area (Å²) in [7, 11) is 0. The molecule has 4 heteroatoms. The van der Waals surface area contributed by atoms with Gasteiger partial charge in [0, 0.05) is 12.1 Å². The number of hydrogen-bond acceptors (Lipinski definition) is 3. The van der Waals surface area contributed by atoms with Crippen LogP contribution in [0.5, 0.6) is 0 Å². The summed E-state index contributed by atoms with van der Waals surface area (Å²) in [5.74, 6) is 0.463. The Morgan fingerprint density at radius 1 is 1.00 bits per heavy atom. The fourth-order valence-electron chi connectivity index (χ4n) is 2.17. The number of nitrogens with zero attached hydrogens (tertiary/aromatic N) is 2. The van der Waals surface area contributed by atoms with Crippen LogP contribution in [-0.2, 0) is 0 Å². The van der Waals surface area contributed by atoms with Crippen LogP contribution >= 0.6 is 0 Å². The van der Waals surface area contributed by atoms with Crippen molar-refractivity contribution in [2.24, 2.45) is 0 Å². The Balaban J connectivity index is 2.61. The highest BCUT2D eigenvalue weighted by Crippen LogP contribution is 2.26. The van der Waals surface area contributed by atoms with Crippen molar-refractivity contribution >= 4 is 5.82 Å². The summed E-state index contributed by atoms with van der Waals surface area (Å²) >= 11 is 0. The van der Waals surface area contributed by atoms with Crippen molar-refractivity contribution in [1.82, 2.24) is 9.97 Å². The smallest absolute Gasteiger partial charge is 0.186 e. The Morgan fingerprint density at radius 3 is 2.30 bits per heavy atom. The Bertz CT molecular complexity index is 651. The maximum Gasteiger partial charge on any atom is 0.186 e. The number of anilines is 1. The third-order valence-electron chi connectivity index (χ3n) is 3.44. The molecule has 20 heavy (non-hydrogen) atoms. The SMILES string of the molecule is CCNc1nc(-c2cc(C)c(C)cc2C)nc(C)c1F. The van der Waals surface area contributed by atoms with Crippen LogP contribution in [0.25, 0.3) is 11.4 Å². The summed E-state index contributed by atoms with van der Waals surface area (Å²) in [4.78, 5) is 8.62. The molecule has 0 saturated carbocycles. The molecule has 0 aliphatic rings.